The van der Waals surface area contributed by atoms with Crippen molar-refractivity contribution in [2.24, 2.45) is 0 Å². The minimum atomic E-state index is -0.0793. The van der Waals surface area contributed by atoms with E-state index in [1.165, 1.54) is 0 Å². The van der Waals surface area contributed by atoms with Crippen LogP contribution in [0.5, 0.6) is 0 Å². The maximum atomic E-state index is 12.6. The molecule has 0 radical (unpaired) electrons. The van der Waals surface area contributed by atoms with Crippen LogP contribution in [0.25, 0.3) is 0 Å². The summed E-state index contributed by atoms with van der Waals surface area (Å²) in [6.45, 7) is 3.16. The van der Waals surface area contributed by atoms with Crippen LogP contribution in [-0.4, -0.2) is 41.0 Å². The molecule has 2 amide bonds. The number of amides is 2. The third kappa shape index (κ3) is 3.49. The molecule has 2 heterocycles. The van der Waals surface area contributed by atoms with Gasteiger partial charge >= 0.3 is 0 Å². The van der Waals surface area contributed by atoms with Crippen molar-refractivity contribution in [2.75, 3.05) is 13.1 Å². The Hall–Kier alpha value is -2.63. The van der Waals surface area contributed by atoms with E-state index < -0.39 is 0 Å². The van der Waals surface area contributed by atoms with E-state index in [0.717, 1.165) is 37.0 Å². The first kappa shape index (κ1) is 16.8. The molecule has 0 spiro atoms. The predicted octanol–water partition coefficient (Wildman–Crippen LogP) is 2.90. The van der Waals surface area contributed by atoms with Gasteiger partial charge in [-0.15, -0.1) is 0 Å². The number of rotatable bonds is 4. The van der Waals surface area contributed by atoms with Gasteiger partial charge in [0.2, 0.25) is 0 Å². The smallest absolute Gasteiger partial charge is 0.276 e. The second kappa shape index (κ2) is 6.94. The Kier molecular flexibility index (Phi) is 4.49. The summed E-state index contributed by atoms with van der Waals surface area (Å²) in [6.07, 6.45) is 3.73. The highest BCUT2D eigenvalue weighted by molar-refractivity contribution is 5.96. The Morgan fingerprint density at radius 1 is 1.15 bits per heavy atom. The number of piperidine rings is 1. The van der Waals surface area contributed by atoms with E-state index in [-0.39, 0.29) is 17.9 Å². The Morgan fingerprint density at radius 3 is 2.58 bits per heavy atom. The molecule has 1 aromatic carbocycles. The quantitative estimate of drug-likeness (QED) is 0.917. The monoisotopic (exact) mass is 353 g/mol. The molecule has 26 heavy (non-hydrogen) atoms. The molecule has 6 heteroatoms. The average molecular weight is 353 g/mol. The van der Waals surface area contributed by atoms with Crippen LogP contribution < -0.4 is 5.32 Å². The SMILES string of the molecule is Cc1ccccc1C(=O)NC1CCN(C(=O)c2cc(C3CC3)on2)CC1. The molecule has 6 nitrogen and oxygen atoms in total. The zero-order valence-corrected chi connectivity index (χ0v) is 14.9. The molecule has 0 bridgehead atoms. The maximum Gasteiger partial charge on any atom is 0.276 e. The van der Waals surface area contributed by atoms with Crippen molar-refractivity contribution in [3.8, 4) is 0 Å². The number of hydrogen-bond donors (Lipinski definition) is 1. The highest BCUT2D eigenvalue weighted by Gasteiger charge is 2.31. The van der Waals surface area contributed by atoms with Crippen LogP contribution in [0.15, 0.2) is 34.9 Å². The van der Waals surface area contributed by atoms with E-state index in [0.29, 0.717) is 30.3 Å². The van der Waals surface area contributed by atoms with Crippen LogP contribution in [0.3, 0.4) is 0 Å². The number of nitrogens with zero attached hydrogens (tertiary/aromatic N) is 2. The molecular weight excluding hydrogens is 330 g/mol. The van der Waals surface area contributed by atoms with E-state index in [4.69, 9.17) is 4.52 Å². The molecule has 2 aromatic rings. The fourth-order valence-corrected chi connectivity index (χ4v) is 3.43. The predicted molar refractivity (Wildman–Crippen MR) is 96.0 cm³/mol. The van der Waals surface area contributed by atoms with Gasteiger partial charge in [-0.25, -0.2) is 0 Å². The van der Waals surface area contributed by atoms with Gasteiger partial charge in [0.1, 0.15) is 5.76 Å². The summed E-state index contributed by atoms with van der Waals surface area (Å²) in [5.41, 5.74) is 2.07. The van der Waals surface area contributed by atoms with E-state index in [2.05, 4.69) is 10.5 Å². The van der Waals surface area contributed by atoms with E-state index in [1.807, 2.05) is 31.2 Å². The zero-order chi connectivity index (χ0) is 18.1. The van der Waals surface area contributed by atoms with Crippen molar-refractivity contribution < 1.29 is 14.1 Å². The topological polar surface area (TPSA) is 75.4 Å². The number of carbonyl (C=O) groups excluding carboxylic acids is 2. The minimum absolute atomic E-state index is 0.0431. The Balaban J connectivity index is 1.31. The van der Waals surface area contributed by atoms with Crippen LogP contribution in [0.2, 0.25) is 0 Å². The lowest BCUT2D eigenvalue weighted by Crippen LogP contribution is -2.46. The summed E-state index contributed by atoms with van der Waals surface area (Å²) < 4.78 is 5.28. The summed E-state index contributed by atoms with van der Waals surface area (Å²) >= 11 is 0. The summed E-state index contributed by atoms with van der Waals surface area (Å²) in [6, 6.07) is 9.44. The van der Waals surface area contributed by atoms with E-state index in [9.17, 15) is 9.59 Å². The largest absolute Gasteiger partial charge is 0.360 e. The molecule has 4 rings (SSSR count). The summed E-state index contributed by atoms with van der Waals surface area (Å²) in [5, 5.41) is 7.02. The van der Waals surface area contributed by atoms with Crippen LogP contribution in [0.1, 0.15) is 63.8 Å². The van der Waals surface area contributed by atoms with Crippen LogP contribution in [0.4, 0.5) is 0 Å². The first-order valence-corrected chi connectivity index (χ1v) is 9.24. The number of carbonyl (C=O) groups is 2. The molecule has 2 fully saturated rings. The fraction of sp³-hybridized carbons (Fsp3) is 0.450. The van der Waals surface area contributed by atoms with Gasteiger partial charge in [0, 0.05) is 36.7 Å². The molecule has 1 aliphatic carbocycles. The third-order valence-electron chi connectivity index (χ3n) is 5.23. The van der Waals surface area contributed by atoms with E-state index >= 15 is 0 Å². The molecule has 1 N–H and O–H groups in total. The van der Waals surface area contributed by atoms with Crippen molar-refractivity contribution in [3.05, 3.63) is 52.9 Å². The van der Waals surface area contributed by atoms with Gasteiger partial charge < -0.3 is 14.7 Å². The van der Waals surface area contributed by atoms with Gasteiger partial charge in [0.05, 0.1) is 0 Å². The normalized spacial score (nSPS) is 18.0. The van der Waals surface area contributed by atoms with Gasteiger partial charge in [-0.2, -0.15) is 0 Å². The van der Waals surface area contributed by atoms with Crippen LogP contribution >= 0.6 is 0 Å². The summed E-state index contributed by atoms with van der Waals surface area (Å²) in [4.78, 5) is 26.8. The standard InChI is InChI=1S/C20H23N3O3/c1-13-4-2-3-5-16(13)19(24)21-15-8-10-23(11-9-15)20(25)17-12-18(26-22-17)14-6-7-14/h2-5,12,14-15H,6-11H2,1H3,(H,21,24). The van der Waals surface area contributed by atoms with Crippen LogP contribution in [0, 0.1) is 6.92 Å². The van der Waals surface area contributed by atoms with Gasteiger partial charge in [-0.3, -0.25) is 9.59 Å². The number of benzene rings is 1. The number of aryl methyl sites for hydroxylation is 1. The maximum absolute atomic E-state index is 12.6. The molecule has 1 saturated heterocycles. The minimum Gasteiger partial charge on any atom is -0.360 e. The molecular formula is C20H23N3O3. The second-order valence-electron chi connectivity index (χ2n) is 7.24. The molecule has 0 unspecified atom stereocenters. The van der Waals surface area contributed by atoms with Gasteiger partial charge in [-0.05, 0) is 44.2 Å². The van der Waals surface area contributed by atoms with Gasteiger partial charge in [0.25, 0.3) is 11.8 Å². The lowest BCUT2D eigenvalue weighted by atomic mass is 10.0. The molecule has 0 atom stereocenters. The highest BCUT2D eigenvalue weighted by Crippen LogP contribution is 2.40. The van der Waals surface area contributed by atoms with Crippen LogP contribution in [-0.2, 0) is 0 Å². The highest BCUT2D eigenvalue weighted by atomic mass is 16.5. The number of hydrogen-bond acceptors (Lipinski definition) is 4. The molecule has 1 saturated carbocycles. The number of aromatic nitrogens is 1. The average Bonchev–Trinajstić information content (AvgIpc) is 3.39. The van der Waals surface area contributed by atoms with Crippen molar-refractivity contribution in [3.63, 3.8) is 0 Å². The van der Waals surface area contributed by atoms with Crippen molar-refractivity contribution in [2.45, 2.75) is 44.6 Å². The lowest BCUT2D eigenvalue weighted by Gasteiger charge is -2.32. The van der Waals surface area contributed by atoms with Crippen molar-refractivity contribution in [1.29, 1.82) is 0 Å². The van der Waals surface area contributed by atoms with E-state index in [1.54, 1.807) is 11.0 Å². The Morgan fingerprint density at radius 2 is 1.88 bits per heavy atom. The molecule has 1 aliphatic heterocycles. The van der Waals surface area contributed by atoms with Gasteiger partial charge in [-0.1, -0.05) is 23.4 Å². The first-order chi connectivity index (χ1) is 12.6. The third-order valence-corrected chi connectivity index (χ3v) is 5.23. The second-order valence-corrected chi connectivity index (χ2v) is 7.24. The molecule has 136 valence electrons. The zero-order valence-electron chi connectivity index (χ0n) is 14.9. The van der Waals surface area contributed by atoms with Crippen molar-refractivity contribution in [1.82, 2.24) is 15.4 Å². The Labute approximate surface area is 152 Å². The first-order valence-electron chi connectivity index (χ1n) is 9.24. The summed E-state index contributed by atoms with van der Waals surface area (Å²) in [7, 11) is 0. The number of nitrogens with one attached hydrogen (secondary N) is 1. The Bertz CT molecular complexity index is 817. The lowest BCUT2D eigenvalue weighted by molar-refractivity contribution is 0.0688. The summed E-state index contributed by atoms with van der Waals surface area (Å²) in [5.74, 6) is 1.16. The number of likely N-dealkylation sites (tertiary alicyclic amines) is 1. The molecule has 2 aliphatic rings. The molecule has 1 aromatic heterocycles. The van der Waals surface area contributed by atoms with Crippen molar-refractivity contribution >= 4 is 11.8 Å². The fourth-order valence-electron chi connectivity index (χ4n) is 3.43. The van der Waals surface area contributed by atoms with Gasteiger partial charge in [0.15, 0.2) is 5.69 Å².